The normalized spacial score (nSPS) is 19.8. The summed E-state index contributed by atoms with van der Waals surface area (Å²) < 4.78 is 37.5. The van der Waals surface area contributed by atoms with Crippen LogP contribution in [0.4, 0.5) is 0 Å². The summed E-state index contributed by atoms with van der Waals surface area (Å²) in [4.78, 5) is 4.27. The van der Waals surface area contributed by atoms with Gasteiger partial charge in [-0.1, -0.05) is 11.2 Å². The van der Waals surface area contributed by atoms with Crippen LogP contribution in [-0.4, -0.2) is 36.0 Å². The molecule has 0 bridgehead atoms. The van der Waals surface area contributed by atoms with Gasteiger partial charge in [-0.25, -0.2) is 8.42 Å². The van der Waals surface area contributed by atoms with Gasteiger partial charge in [-0.15, -0.1) is 11.3 Å². The van der Waals surface area contributed by atoms with Gasteiger partial charge in [0.2, 0.25) is 0 Å². The molecule has 1 atom stereocenters. The minimum atomic E-state index is -3.50. The number of nitrogens with zero attached hydrogens (tertiary/aromatic N) is 3. The van der Waals surface area contributed by atoms with Gasteiger partial charge >= 0.3 is 0 Å². The molecule has 2 aromatic heterocycles. The number of hydrogen-bond donors (Lipinski definition) is 0. The van der Waals surface area contributed by atoms with E-state index in [0.29, 0.717) is 35.5 Å². The van der Waals surface area contributed by atoms with Crippen molar-refractivity contribution < 1.29 is 17.7 Å². The Bertz CT molecular complexity index is 711. The van der Waals surface area contributed by atoms with E-state index < -0.39 is 10.0 Å². The van der Waals surface area contributed by atoms with Crippen LogP contribution in [0.2, 0.25) is 0 Å². The predicted octanol–water partition coefficient (Wildman–Crippen LogP) is 2.19. The van der Waals surface area contributed by atoms with E-state index in [0.717, 1.165) is 6.42 Å². The van der Waals surface area contributed by atoms with Gasteiger partial charge in [0.1, 0.15) is 10.8 Å². The summed E-state index contributed by atoms with van der Waals surface area (Å²) in [6, 6.07) is 2.98. The monoisotopic (exact) mass is 343 g/mol. The van der Waals surface area contributed by atoms with Crippen molar-refractivity contribution in [2.75, 3.05) is 13.2 Å². The van der Waals surface area contributed by atoms with Gasteiger partial charge in [0.15, 0.2) is 5.82 Å². The summed E-state index contributed by atoms with van der Waals surface area (Å²) in [5, 5.41) is 5.68. The number of ether oxygens (including phenoxy) is 1. The molecule has 0 spiro atoms. The summed E-state index contributed by atoms with van der Waals surface area (Å²) in [6.45, 7) is 3.15. The largest absolute Gasteiger partial charge is 0.372 e. The molecule has 1 saturated heterocycles. The van der Waals surface area contributed by atoms with Gasteiger partial charge in [0, 0.05) is 13.2 Å². The molecule has 9 heteroatoms. The smallest absolute Gasteiger partial charge is 0.253 e. The highest BCUT2D eigenvalue weighted by Crippen LogP contribution is 2.36. The molecule has 1 unspecified atom stereocenters. The van der Waals surface area contributed by atoms with E-state index >= 15 is 0 Å². The third kappa shape index (κ3) is 2.94. The van der Waals surface area contributed by atoms with E-state index in [1.54, 1.807) is 17.5 Å². The Labute approximate surface area is 132 Å². The molecule has 3 heterocycles. The van der Waals surface area contributed by atoms with Crippen LogP contribution in [-0.2, 0) is 21.4 Å². The molecule has 7 nitrogen and oxygen atoms in total. The van der Waals surface area contributed by atoms with E-state index in [2.05, 4.69) is 10.1 Å². The van der Waals surface area contributed by atoms with Gasteiger partial charge in [-0.05, 0) is 31.2 Å². The van der Waals surface area contributed by atoms with E-state index in [1.165, 1.54) is 15.6 Å². The van der Waals surface area contributed by atoms with Crippen molar-refractivity contribution >= 4 is 21.4 Å². The molecule has 2 aromatic rings. The number of aromatic nitrogens is 2. The second-order valence-electron chi connectivity index (χ2n) is 4.89. The molecule has 0 aromatic carbocycles. The van der Waals surface area contributed by atoms with Crippen LogP contribution < -0.4 is 0 Å². The van der Waals surface area contributed by atoms with E-state index in [1.807, 2.05) is 6.92 Å². The summed E-state index contributed by atoms with van der Waals surface area (Å²) >= 11 is 1.22. The second-order valence-corrected chi connectivity index (χ2v) is 7.95. The Balaban J connectivity index is 1.83. The molecular formula is C13H17N3O4S2. The van der Waals surface area contributed by atoms with Crippen LogP contribution in [0, 0.1) is 0 Å². The first-order chi connectivity index (χ1) is 10.6. The number of sulfonamides is 1. The first-order valence-electron chi connectivity index (χ1n) is 7.08. The van der Waals surface area contributed by atoms with Gasteiger partial charge in [0.05, 0.1) is 6.04 Å². The lowest BCUT2D eigenvalue weighted by atomic mass is 10.2. The first kappa shape index (κ1) is 15.6. The molecule has 1 fully saturated rings. The molecule has 120 valence electrons. The highest BCUT2D eigenvalue weighted by Gasteiger charge is 2.39. The Morgan fingerprint density at radius 2 is 2.41 bits per heavy atom. The topological polar surface area (TPSA) is 85.5 Å². The molecule has 0 amide bonds. The number of rotatable bonds is 6. The third-order valence-corrected chi connectivity index (χ3v) is 6.75. The fraction of sp³-hybridized carbons (Fsp3) is 0.538. The molecule has 1 aliphatic heterocycles. The molecule has 0 N–H and O–H groups in total. The molecule has 3 rings (SSSR count). The molecular weight excluding hydrogens is 326 g/mol. The zero-order valence-electron chi connectivity index (χ0n) is 12.1. The van der Waals surface area contributed by atoms with Crippen LogP contribution in [0.1, 0.15) is 37.5 Å². The Morgan fingerprint density at radius 3 is 3.14 bits per heavy atom. The van der Waals surface area contributed by atoms with Crippen molar-refractivity contribution in [3.63, 3.8) is 0 Å². The van der Waals surface area contributed by atoms with Crippen molar-refractivity contribution in [3.05, 3.63) is 29.2 Å². The van der Waals surface area contributed by atoms with Crippen molar-refractivity contribution in [1.82, 2.24) is 14.4 Å². The summed E-state index contributed by atoms with van der Waals surface area (Å²) in [5.74, 6) is 0.782. The quantitative estimate of drug-likeness (QED) is 0.799. The molecule has 1 aliphatic rings. The Hall–Kier alpha value is -1.29. The highest BCUT2D eigenvalue weighted by atomic mass is 32.2. The lowest BCUT2D eigenvalue weighted by Crippen LogP contribution is -2.30. The number of thiophene rings is 1. The highest BCUT2D eigenvalue weighted by molar-refractivity contribution is 7.91. The summed E-state index contributed by atoms with van der Waals surface area (Å²) in [7, 11) is -3.50. The molecule has 0 radical (unpaired) electrons. The van der Waals surface area contributed by atoms with Crippen LogP contribution in [0.25, 0.3) is 0 Å². The summed E-state index contributed by atoms with van der Waals surface area (Å²) in [5.41, 5.74) is 0. The van der Waals surface area contributed by atoms with Crippen LogP contribution >= 0.6 is 11.3 Å². The van der Waals surface area contributed by atoms with Crippen molar-refractivity contribution in [1.29, 1.82) is 0 Å². The van der Waals surface area contributed by atoms with Crippen molar-refractivity contribution in [2.24, 2.45) is 0 Å². The average molecular weight is 343 g/mol. The minimum Gasteiger partial charge on any atom is -0.372 e. The van der Waals surface area contributed by atoms with Gasteiger partial charge in [-0.2, -0.15) is 9.29 Å². The SMILES string of the molecule is CCOCc1nc(C2CCCN2S(=O)(=O)c2cccs2)no1. The Kier molecular flexibility index (Phi) is 4.57. The van der Waals surface area contributed by atoms with Gasteiger partial charge in [0.25, 0.3) is 15.9 Å². The maximum absolute atomic E-state index is 12.7. The van der Waals surface area contributed by atoms with Crippen molar-refractivity contribution in [2.45, 2.75) is 36.6 Å². The fourth-order valence-corrected chi connectivity index (χ4v) is 5.24. The predicted molar refractivity (Wildman–Crippen MR) is 79.8 cm³/mol. The number of hydrogen-bond acceptors (Lipinski definition) is 7. The van der Waals surface area contributed by atoms with Crippen LogP contribution in [0.3, 0.4) is 0 Å². The Morgan fingerprint density at radius 1 is 1.55 bits per heavy atom. The molecule has 0 aliphatic carbocycles. The average Bonchev–Trinajstić information content (AvgIpc) is 3.24. The molecule has 22 heavy (non-hydrogen) atoms. The van der Waals surface area contributed by atoms with Gasteiger partial charge < -0.3 is 9.26 Å². The van der Waals surface area contributed by atoms with Crippen LogP contribution in [0.5, 0.6) is 0 Å². The first-order valence-corrected chi connectivity index (χ1v) is 9.40. The van der Waals surface area contributed by atoms with Gasteiger partial charge in [-0.3, -0.25) is 0 Å². The molecule has 0 saturated carbocycles. The van der Waals surface area contributed by atoms with E-state index in [9.17, 15) is 8.42 Å². The lowest BCUT2D eigenvalue weighted by Gasteiger charge is -2.20. The lowest BCUT2D eigenvalue weighted by molar-refractivity contribution is 0.109. The fourth-order valence-electron chi connectivity index (χ4n) is 2.46. The second kappa shape index (κ2) is 6.45. The van der Waals surface area contributed by atoms with E-state index in [4.69, 9.17) is 9.26 Å². The van der Waals surface area contributed by atoms with Crippen molar-refractivity contribution in [3.8, 4) is 0 Å². The maximum Gasteiger partial charge on any atom is 0.253 e. The maximum atomic E-state index is 12.7. The summed E-state index contributed by atoms with van der Waals surface area (Å²) in [6.07, 6.45) is 1.48. The minimum absolute atomic E-state index is 0.244. The standard InChI is InChI=1S/C13H17N3O4S2/c1-2-19-9-11-14-13(15-20-11)10-5-3-7-16(10)22(17,18)12-6-4-8-21-12/h4,6,8,10H,2-3,5,7,9H2,1H3. The van der Waals surface area contributed by atoms with Crippen LogP contribution in [0.15, 0.2) is 26.2 Å². The zero-order chi connectivity index (χ0) is 15.6. The zero-order valence-corrected chi connectivity index (χ0v) is 13.8. The van der Waals surface area contributed by atoms with E-state index in [-0.39, 0.29) is 12.6 Å². The third-order valence-electron chi connectivity index (χ3n) is 3.47.